The van der Waals surface area contributed by atoms with Crippen LogP contribution in [0, 0.1) is 0 Å². The summed E-state index contributed by atoms with van der Waals surface area (Å²) in [5.41, 5.74) is 0.194. The van der Waals surface area contributed by atoms with Gasteiger partial charge in [0.1, 0.15) is 7.11 Å². The maximum atomic E-state index is 11.2. The van der Waals surface area contributed by atoms with E-state index in [1.165, 1.54) is 25.6 Å². The van der Waals surface area contributed by atoms with Crippen molar-refractivity contribution in [2.45, 2.75) is 0 Å². The molecular formula is C8H9NO3S. The first-order chi connectivity index (χ1) is 6.29. The molecule has 0 spiro atoms. The van der Waals surface area contributed by atoms with Crippen LogP contribution in [0.2, 0.25) is 0 Å². The van der Waals surface area contributed by atoms with Gasteiger partial charge in [-0.3, -0.25) is 0 Å². The highest BCUT2D eigenvalue weighted by Crippen LogP contribution is 2.11. The summed E-state index contributed by atoms with van der Waals surface area (Å²) in [6, 6.07) is 3.60. The molecule has 0 radical (unpaired) electrons. The minimum Gasteiger partial charge on any atom is -0.464 e. The minimum atomic E-state index is -0.496. The third-order valence-corrected chi connectivity index (χ3v) is 2.19. The normalized spacial score (nSPS) is 11.1. The van der Waals surface area contributed by atoms with Gasteiger partial charge >= 0.3 is 5.97 Å². The highest BCUT2D eigenvalue weighted by Gasteiger charge is 2.15. The van der Waals surface area contributed by atoms with Crippen LogP contribution in [-0.2, 0) is 14.4 Å². The molecule has 70 valence electrons. The Hall–Kier alpha value is -1.36. The van der Waals surface area contributed by atoms with Crippen molar-refractivity contribution >= 4 is 23.0 Å². The summed E-state index contributed by atoms with van der Waals surface area (Å²) in [4.78, 5) is 16.4. The lowest BCUT2D eigenvalue weighted by atomic mass is 10.3. The summed E-state index contributed by atoms with van der Waals surface area (Å²) in [6.45, 7) is 0. The molecule has 0 unspecified atom stereocenters. The van der Waals surface area contributed by atoms with E-state index in [1.807, 2.05) is 11.4 Å². The molecule has 0 N–H and O–H groups in total. The van der Waals surface area contributed by atoms with E-state index in [9.17, 15) is 4.79 Å². The number of rotatable bonds is 3. The Kier molecular flexibility index (Phi) is 3.45. The average molecular weight is 199 g/mol. The molecule has 1 aromatic heterocycles. The second-order valence-electron chi connectivity index (χ2n) is 2.09. The molecule has 0 aliphatic carbocycles. The second-order valence-corrected chi connectivity index (χ2v) is 3.04. The van der Waals surface area contributed by atoms with Crippen LogP contribution in [0.3, 0.4) is 0 Å². The lowest BCUT2D eigenvalue weighted by Gasteiger charge is -1.99. The van der Waals surface area contributed by atoms with Gasteiger partial charge in [-0.1, -0.05) is 11.2 Å². The molecule has 1 rings (SSSR count). The second kappa shape index (κ2) is 4.61. The molecule has 0 bridgehead atoms. The lowest BCUT2D eigenvalue weighted by molar-refractivity contribution is -0.132. The van der Waals surface area contributed by atoms with Crippen LogP contribution in [0.25, 0.3) is 0 Å². The van der Waals surface area contributed by atoms with Gasteiger partial charge in [0, 0.05) is 0 Å². The predicted octanol–water partition coefficient (Wildman–Crippen LogP) is 1.27. The van der Waals surface area contributed by atoms with Gasteiger partial charge in [0.05, 0.1) is 12.0 Å². The number of hydrogen-bond acceptors (Lipinski definition) is 5. The molecule has 0 aliphatic rings. The van der Waals surface area contributed by atoms with Crippen molar-refractivity contribution in [3.63, 3.8) is 0 Å². The van der Waals surface area contributed by atoms with Crippen molar-refractivity contribution < 1.29 is 14.4 Å². The van der Waals surface area contributed by atoms with Crippen molar-refractivity contribution in [2.24, 2.45) is 5.16 Å². The fourth-order valence-electron chi connectivity index (χ4n) is 0.784. The third kappa shape index (κ3) is 2.29. The zero-order chi connectivity index (χ0) is 9.68. The number of oxime groups is 1. The van der Waals surface area contributed by atoms with Crippen molar-refractivity contribution in [2.75, 3.05) is 14.2 Å². The van der Waals surface area contributed by atoms with Crippen molar-refractivity contribution in [3.8, 4) is 0 Å². The Morgan fingerprint density at radius 2 is 2.31 bits per heavy atom. The van der Waals surface area contributed by atoms with Gasteiger partial charge < -0.3 is 9.57 Å². The fraction of sp³-hybridized carbons (Fsp3) is 0.250. The quantitative estimate of drug-likeness (QED) is 0.418. The zero-order valence-electron chi connectivity index (χ0n) is 7.31. The summed E-state index contributed by atoms with van der Waals surface area (Å²) in [5, 5.41) is 5.44. The molecule has 13 heavy (non-hydrogen) atoms. The van der Waals surface area contributed by atoms with Gasteiger partial charge in [-0.05, 0) is 11.4 Å². The summed E-state index contributed by atoms with van der Waals surface area (Å²) in [6.07, 6.45) is 0. The lowest BCUT2D eigenvalue weighted by Crippen LogP contribution is -2.16. The van der Waals surface area contributed by atoms with Gasteiger partial charge in [0.2, 0.25) is 5.71 Å². The summed E-state index contributed by atoms with van der Waals surface area (Å²) in [5.74, 6) is -0.496. The summed E-state index contributed by atoms with van der Waals surface area (Å²) in [7, 11) is 2.69. The van der Waals surface area contributed by atoms with Crippen LogP contribution in [0.4, 0.5) is 0 Å². The van der Waals surface area contributed by atoms with Crippen LogP contribution < -0.4 is 0 Å². The van der Waals surface area contributed by atoms with Crippen molar-refractivity contribution in [1.29, 1.82) is 0 Å². The van der Waals surface area contributed by atoms with Gasteiger partial charge in [-0.2, -0.15) is 0 Å². The number of thiophene rings is 1. The SMILES string of the molecule is CON=C(C(=O)OC)c1cccs1. The maximum absolute atomic E-state index is 11.2. The number of carbonyl (C=O) groups is 1. The standard InChI is InChI=1S/C8H9NO3S/c1-11-8(10)7(9-12-2)6-4-3-5-13-6/h3-5H,1-2H3. The Labute approximate surface area is 79.8 Å². The molecule has 1 aromatic rings. The highest BCUT2D eigenvalue weighted by molar-refractivity contribution is 7.13. The van der Waals surface area contributed by atoms with Crippen LogP contribution in [0.5, 0.6) is 0 Å². The number of esters is 1. The molecule has 1 heterocycles. The van der Waals surface area contributed by atoms with E-state index in [0.29, 0.717) is 0 Å². The van der Waals surface area contributed by atoms with E-state index in [1.54, 1.807) is 6.07 Å². The van der Waals surface area contributed by atoms with Gasteiger partial charge in [0.25, 0.3) is 0 Å². The van der Waals surface area contributed by atoms with E-state index in [4.69, 9.17) is 0 Å². The van der Waals surface area contributed by atoms with E-state index >= 15 is 0 Å². The predicted molar refractivity (Wildman–Crippen MR) is 49.9 cm³/mol. The minimum absolute atomic E-state index is 0.194. The molecule has 0 aliphatic heterocycles. The summed E-state index contributed by atoms with van der Waals surface area (Å²) < 4.78 is 4.55. The molecule has 0 amide bonds. The average Bonchev–Trinajstić information content (AvgIpc) is 2.65. The van der Waals surface area contributed by atoms with Gasteiger partial charge in [-0.15, -0.1) is 11.3 Å². The molecule has 0 aromatic carbocycles. The number of hydrogen-bond donors (Lipinski definition) is 0. The van der Waals surface area contributed by atoms with Crippen LogP contribution in [0.1, 0.15) is 4.88 Å². The molecule has 0 saturated heterocycles. The number of methoxy groups -OCH3 is 1. The van der Waals surface area contributed by atoms with Crippen LogP contribution >= 0.6 is 11.3 Å². The molecule has 4 nitrogen and oxygen atoms in total. The molecular weight excluding hydrogens is 190 g/mol. The smallest absolute Gasteiger partial charge is 0.361 e. The molecule has 5 heteroatoms. The Morgan fingerprint density at radius 1 is 1.54 bits per heavy atom. The monoisotopic (exact) mass is 199 g/mol. The largest absolute Gasteiger partial charge is 0.464 e. The molecule has 0 atom stereocenters. The van der Waals surface area contributed by atoms with E-state index < -0.39 is 5.97 Å². The number of carbonyl (C=O) groups excluding carboxylic acids is 1. The van der Waals surface area contributed by atoms with Crippen LogP contribution in [-0.4, -0.2) is 25.9 Å². The van der Waals surface area contributed by atoms with Gasteiger partial charge in [-0.25, -0.2) is 4.79 Å². The molecule has 0 fully saturated rings. The van der Waals surface area contributed by atoms with E-state index in [-0.39, 0.29) is 5.71 Å². The first-order valence-electron chi connectivity index (χ1n) is 3.53. The zero-order valence-corrected chi connectivity index (χ0v) is 8.13. The topological polar surface area (TPSA) is 47.9 Å². The fourth-order valence-corrected chi connectivity index (χ4v) is 1.48. The molecule has 0 saturated carbocycles. The van der Waals surface area contributed by atoms with E-state index in [0.717, 1.165) is 4.88 Å². The third-order valence-electron chi connectivity index (χ3n) is 1.32. The van der Waals surface area contributed by atoms with Crippen molar-refractivity contribution in [3.05, 3.63) is 22.4 Å². The van der Waals surface area contributed by atoms with Crippen molar-refractivity contribution in [1.82, 2.24) is 0 Å². The van der Waals surface area contributed by atoms with Gasteiger partial charge in [0.15, 0.2) is 0 Å². The Morgan fingerprint density at radius 3 is 2.77 bits per heavy atom. The number of nitrogens with zero attached hydrogens (tertiary/aromatic N) is 1. The van der Waals surface area contributed by atoms with E-state index in [2.05, 4.69) is 14.7 Å². The van der Waals surface area contributed by atoms with Crippen LogP contribution in [0.15, 0.2) is 22.7 Å². The highest BCUT2D eigenvalue weighted by atomic mass is 32.1. The Bertz CT molecular complexity index is 305. The Balaban J connectivity index is 2.94. The maximum Gasteiger partial charge on any atom is 0.361 e. The first kappa shape index (κ1) is 9.73. The first-order valence-corrected chi connectivity index (χ1v) is 4.41. The number of ether oxygens (including phenoxy) is 1. The summed E-state index contributed by atoms with van der Waals surface area (Å²) >= 11 is 1.40.